The van der Waals surface area contributed by atoms with Gasteiger partial charge < -0.3 is 19.9 Å². The Labute approximate surface area is 621 Å². The second-order valence-electron chi connectivity index (χ2n) is 20.2. The van der Waals surface area contributed by atoms with Crippen molar-refractivity contribution in [2.45, 2.75) is 168 Å². The first-order valence-corrected chi connectivity index (χ1v) is 31.1. The van der Waals surface area contributed by atoms with E-state index in [1.165, 1.54) is 28.4 Å². The molecule has 92 heavy (non-hydrogen) atoms. The van der Waals surface area contributed by atoms with Crippen molar-refractivity contribution >= 4 is 87.2 Å². The Morgan fingerprint density at radius 1 is 0.402 bits per heavy atom. The molecule has 0 unspecified atom stereocenters. The SMILES string of the molecule is CC.CC.CC.CC.CC.CC(C)c1[c-]c2cccnc2c2ncccc12.CC(C)c1[c-]cc2ncncc2c1.CC(C)c1cc2cccnc2c2n[c-]ccc12.CC(C)c1ccc2c[c-]c3cccnc3c2n1.CC(C)c1nc[c-]c2ncncc12.[W].[W].[W].[W].[W]. The molecule has 0 aliphatic carbocycles. The molecule has 0 saturated heterocycles. The molecule has 0 aliphatic heterocycles. The molecule has 0 amide bonds. The molecule has 0 aliphatic rings. The van der Waals surface area contributed by atoms with Gasteiger partial charge >= 0.3 is 0 Å². The first kappa shape index (κ1) is 88.7. The molecular formula is C76H90N11W5-5. The molecule has 0 atom stereocenters. The molecule has 0 saturated carbocycles. The zero-order valence-corrected chi connectivity index (χ0v) is 71.9. The molecule has 9 heterocycles. The zero-order chi connectivity index (χ0) is 64.0. The summed E-state index contributed by atoms with van der Waals surface area (Å²) in [6.07, 6.45) is 18.5. The smallest absolute Gasteiger partial charge is 0.110 e. The summed E-state index contributed by atoms with van der Waals surface area (Å²) < 4.78 is 0. The summed E-state index contributed by atoms with van der Waals surface area (Å²) in [5.74, 6) is 2.24. The monoisotopic (exact) mass is 2080 g/mol. The van der Waals surface area contributed by atoms with Gasteiger partial charge in [-0.2, -0.15) is 35.9 Å². The van der Waals surface area contributed by atoms with E-state index in [1.54, 1.807) is 31.1 Å². The largest absolute Gasteiger partial charge is 0.384 e. The molecule has 13 aromatic rings. The molecule has 11 nitrogen and oxygen atoms in total. The number of nitrogens with zero attached hydrogens (tertiary/aromatic N) is 11. The summed E-state index contributed by atoms with van der Waals surface area (Å²) in [4.78, 5) is 47.3. The van der Waals surface area contributed by atoms with Crippen LogP contribution < -0.4 is 0 Å². The Balaban J connectivity index is 0. The molecule has 0 fully saturated rings. The molecule has 13 rings (SSSR count). The minimum Gasteiger partial charge on any atom is -0.384 e. The van der Waals surface area contributed by atoms with Crippen LogP contribution in [0.2, 0.25) is 0 Å². The summed E-state index contributed by atoms with van der Waals surface area (Å²) in [6, 6.07) is 45.3. The molecule has 9 aromatic heterocycles. The van der Waals surface area contributed by atoms with Crippen LogP contribution in [0.15, 0.2) is 153 Å². The van der Waals surface area contributed by atoms with E-state index in [-0.39, 0.29) is 105 Å². The number of rotatable bonds is 5. The predicted molar refractivity (Wildman–Crippen MR) is 369 cm³/mol. The van der Waals surface area contributed by atoms with E-state index in [0.717, 1.165) is 93.2 Å². The van der Waals surface area contributed by atoms with Crippen molar-refractivity contribution in [2.24, 2.45) is 0 Å². The third-order valence-corrected chi connectivity index (χ3v) is 13.0. The van der Waals surface area contributed by atoms with Crippen molar-refractivity contribution in [1.29, 1.82) is 0 Å². The van der Waals surface area contributed by atoms with Gasteiger partial charge in [0.15, 0.2) is 0 Å². The van der Waals surface area contributed by atoms with Gasteiger partial charge in [-0.15, -0.1) is 57.4 Å². The van der Waals surface area contributed by atoms with Crippen LogP contribution in [0.3, 0.4) is 0 Å². The number of fused-ring (bicyclic) bond motifs is 11. The summed E-state index contributed by atoms with van der Waals surface area (Å²) >= 11 is 0. The second-order valence-corrected chi connectivity index (χ2v) is 20.2. The Morgan fingerprint density at radius 3 is 1.61 bits per heavy atom. The predicted octanol–water partition coefficient (Wildman–Crippen LogP) is 20.7. The van der Waals surface area contributed by atoms with Crippen LogP contribution in [-0.4, -0.2) is 54.8 Å². The quantitative estimate of drug-likeness (QED) is 0.120. The van der Waals surface area contributed by atoms with Crippen LogP contribution in [0.5, 0.6) is 0 Å². The van der Waals surface area contributed by atoms with E-state index in [1.807, 2.05) is 142 Å². The topological polar surface area (TPSA) is 142 Å². The fourth-order valence-corrected chi connectivity index (χ4v) is 8.98. The van der Waals surface area contributed by atoms with Gasteiger partial charge in [0.05, 0.1) is 0 Å². The molecule has 0 radical (unpaired) electrons. The first-order valence-electron chi connectivity index (χ1n) is 31.1. The maximum absolute atomic E-state index is 4.72. The van der Waals surface area contributed by atoms with Crippen LogP contribution in [0.25, 0.3) is 87.2 Å². The Bertz CT molecular complexity index is 4020. The van der Waals surface area contributed by atoms with E-state index >= 15 is 0 Å². The molecule has 0 bridgehead atoms. The van der Waals surface area contributed by atoms with Gasteiger partial charge in [-0.3, -0.25) is 29.9 Å². The minimum atomic E-state index is 0. The molecule has 0 spiro atoms. The maximum Gasteiger partial charge on any atom is 0.110 e. The van der Waals surface area contributed by atoms with E-state index in [0.29, 0.717) is 29.6 Å². The van der Waals surface area contributed by atoms with Crippen molar-refractivity contribution in [2.75, 3.05) is 0 Å². The Hall–Kier alpha value is -5.39. The van der Waals surface area contributed by atoms with Crippen LogP contribution >= 0.6 is 0 Å². The second kappa shape index (κ2) is 47.5. The van der Waals surface area contributed by atoms with Gasteiger partial charge in [0.2, 0.25) is 0 Å². The molecule has 16 heteroatoms. The fourth-order valence-electron chi connectivity index (χ4n) is 8.98. The summed E-state index contributed by atoms with van der Waals surface area (Å²) in [5, 5.41) is 8.75. The Morgan fingerprint density at radius 2 is 0.989 bits per heavy atom. The van der Waals surface area contributed by atoms with E-state index < -0.39 is 0 Å². The number of hydrogen-bond acceptors (Lipinski definition) is 11. The fraction of sp³-hybridized carbons (Fsp3) is 0.329. The summed E-state index contributed by atoms with van der Waals surface area (Å²) in [7, 11) is 0. The average Bonchev–Trinajstić information content (AvgIpc) is 0.824. The summed E-state index contributed by atoms with van der Waals surface area (Å²) in [5.41, 5.74) is 13.4. The Kier molecular flexibility index (Phi) is 45.8. The number of aromatic nitrogens is 11. The standard InChI is InChI=1S/3C15H13N2.C11H11N2.C10H10N3.5C2H6.5W/c2*1-10(2)13-9-11-5-3-7-16-14(11)15-12(13)6-4-8-17-15;1-10(2)13-8-7-12-6-5-11-4-3-9-16-14(11)15(12)17-13;1-8(2)9-3-4-11-10(5-9)6-12-7-13-11;1-7(2)10-8-5-11-6-13-9(8)3-4-12-10;5*1-2;;;;;/h3-7,9-10H,1-2H3;3-8,10H,1-2H3;3-4,6-10H,1-2H3;4-8H,1-2H3;4-7H,1-2H3;5*1-2H3;;;;;/q5*-1;;;;;;;;;;. The summed E-state index contributed by atoms with van der Waals surface area (Å²) in [6.45, 7) is 41.6. The van der Waals surface area contributed by atoms with Crippen LogP contribution in [0.1, 0.15) is 196 Å². The van der Waals surface area contributed by atoms with Gasteiger partial charge in [0, 0.05) is 170 Å². The van der Waals surface area contributed by atoms with Gasteiger partial charge in [0.1, 0.15) is 12.7 Å². The van der Waals surface area contributed by atoms with Crippen LogP contribution in [0, 0.1) is 30.5 Å². The van der Waals surface area contributed by atoms with Gasteiger partial charge in [-0.25, -0.2) is 11.1 Å². The molecular weight excluding hydrogens is 1990 g/mol. The van der Waals surface area contributed by atoms with Crippen molar-refractivity contribution in [3.63, 3.8) is 0 Å². The minimum absolute atomic E-state index is 0. The van der Waals surface area contributed by atoms with Gasteiger partial charge in [0.25, 0.3) is 0 Å². The zero-order valence-electron chi connectivity index (χ0n) is 57.3. The number of hydrogen-bond donors (Lipinski definition) is 0. The number of pyridine rings is 7. The average molecular weight is 2080 g/mol. The molecule has 0 N–H and O–H groups in total. The van der Waals surface area contributed by atoms with E-state index in [2.05, 4.69) is 192 Å². The molecule has 484 valence electrons. The normalized spacial score (nSPS) is 9.79. The van der Waals surface area contributed by atoms with Crippen molar-refractivity contribution in [3.8, 4) is 0 Å². The third-order valence-electron chi connectivity index (χ3n) is 13.0. The first-order chi connectivity index (χ1) is 42.4. The van der Waals surface area contributed by atoms with Crippen molar-refractivity contribution < 1.29 is 105 Å². The van der Waals surface area contributed by atoms with Crippen molar-refractivity contribution in [1.82, 2.24) is 54.8 Å². The van der Waals surface area contributed by atoms with E-state index in [9.17, 15) is 0 Å². The third kappa shape index (κ3) is 24.1. The van der Waals surface area contributed by atoms with Crippen molar-refractivity contribution in [3.05, 3.63) is 212 Å². The van der Waals surface area contributed by atoms with Crippen LogP contribution in [0.4, 0.5) is 0 Å². The van der Waals surface area contributed by atoms with Gasteiger partial charge in [-0.05, 0) is 70.0 Å². The maximum atomic E-state index is 4.72. The number of benzene rings is 4. The van der Waals surface area contributed by atoms with E-state index in [4.69, 9.17) is 4.98 Å². The molecule has 4 aromatic carbocycles. The van der Waals surface area contributed by atoms with Crippen LogP contribution in [-0.2, 0) is 105 Å². The van der Waals surface area contributed by atoms with Gasteiger partial charge in [-0.1, -0.05) is 221 Å².